The van der Waals surface area contributed by atoms with Gasteiger partial charge in [-0.15, -0.1) is 0 Å². The number of esters is 1. The van der Waals surface area contributed by atoms with Crippen molar-refractivity contribution in [2.45, 2.75) is 31.1 Å². The van der Waals surface area contributed by atoms with Gasteiger partial charge in [-0.2, -0.15) is 0 Å². The summed E-state index contributed by atoms with van der Waals surface area (Å²) in [7, 11) is 1.34. The monoisotopic (exact) mass is 337 g/mol. The summed E-state index contributed by atoms with van der Waals surface area (Å²) >= 11 is 3.56. The number of benzene rings is 1. The Morgan fingerprint density at radius 3 is 2.70 bits per heavy atom. The molecule has 0 bridgehead atoms. The molecular weight excluding hydrogens is 322 g/mol. The zero-order valence-corrected chi connectivity index (χ0v) is 12.9. The quantitative estimate of drug-likeness (QED) is 0.801. The first-order valence-corrected chi connectivity index (χ1v) is 7.57. The van der Waals surface area contributed by atoms with Crippen LogP contribution in [0, 0.1) is 0 Å². The second-order valence-electron chi connectivity index (χ2n) is 5.54. The van der Waals surface area contributed by atoms with E-state index in [4.69, 9.17) is 4.74 Å². The molecule has 106 valence electrons. The predicted octanol–water partition coefficient (Wildman–Crippen LogP) is 2.79. The molecule has 4 nitrogen and oxygen atoms in total. The average Bonchev–Trinajstić information content (AvgIpc) is 2.91. The summed E-state index contributed by atoms with van der Waals surface area (Å²) < 4.78 is 5.58. The number of ether oxygens (including phenoxy) is 1. The molecule has 1 aromatic carbocycles. The van der Waals surface area contributed by atoms with E-state index in [1.54, 1.807) is 12.1 Å². The van der Waals surface area contributed by atoms with Gasteiger partial charge in [-0.1, -0.05) is 28.8 Å². The Kier molecular flexibility index (Phi) is 3.32. The van der Waals surface area contributed by atoms with Crippen molar-refractivity contribution in [1.29, 1.82) is 0 Å². The van der Waals surface area contributed by atoms with Gasteiger partial charge < -0.3 is 10.1 Å². The van der Waals surface area contributed by atoms with Gasteiger partial charge in [0.05, 0.1) is 12.7 Å². The molecule has 0 atom stereocenters. The Labute approximate surface area is 126 Å². The highest BCUT2D eigenvalue weighted by Gasteiger charge is 2.43. The number of hydrogen-bond acceptors (Lipinski definition) is 3. The van der Waals surface area contributed by atoms with Gasteiger partial charge in [-0.25, -0.2) is 4.79 Å². The fraction of sp³-hybridized carbons (Fsp3) is 0.467. The smallest absolute Gasteiger partial charge is 0.337 e. The Hall–Kier alpha value is -1.36. The number of carbonyl (C=O) groups is 2. The molecule has 1 N–H and O–H groups in total. The highest BCUT2D eigenvalue weighted by atomic mass is 79.9. The minimum Gasteiger partial charge on any atom is -0.465 e. The van der Waals surface area contributed by atoms with Crippen LogP contribution in [0.2, 0.25) is 0 Å². The van der Waals surface area contributed by atoms with Crippen molar-refractivity contribution in [3.8, 4) is 0 Å². The zero-order valence-electron chi connectivity index (χ0n) is 11.3. The van der Waals surface area contributed by atoms with Crippen molar-refractivity contribution >= 4 is 27.8 Å². The van der Waals surface area contributed by atoms with Crippen LogP contribution in [0.3, 0.4) is 0 Å². The highest BCUT2D eigenvalue weighted by molar-refractivity contribution is 9.10. The van der Waals surface area contributed by atoms with E-state index in [0.29, 0.717) is 17.7 Å². The van der Waals surface area contributed by atoms with Crippen LogP contribution >= 0.6 is 15.9 Å². The van der Waals surface area contributed by atoms with E-state index < -0.39 is 5.97 Å². The summed E-state index contributed by atoms with van der Waals surface area (Å²) in [5.41, 5.74) is 2.10. The number of carbonyl (C=O) groups excluding carboxylic acids is 2. The van der Waals surface area contributed by atoms with E-state index in [0.717, 1.165) is 22.9 Å². The van der Waals surface area contributed by atoms with Crippen molar-refractivity contribution < 1.29 is 14.3 Å². The number of amides is 1. The Bertz CT molecular complexity index is 591. The summed E-state index contributed by atoms with van der Waals surface area (Å²) in [6.07, 6.45) is 4.52. The maximum Gasteiger partial charge on any atom is 0.337 e. The predicted molar refractivity (Wildman–Crippen MR) is 78.0 cm³/mol. The van der Waals surface area contributed by atoms with Crippen LogP contribution in [-0.4, -0.2) is 25.5 Å². The van der Waals surface area contributed by atoms with Gasteiger partial charge >= 0.3 is 5.97 Å². The first-order chi connectivity index (χ1) is 9.57. The van der Waals surface area contributed by atoms with Crippen LogP contribution in [-0.2, 0) is 10.2 Å². The Balaban J connectivity index is 2.18. The summed E-state index contributed by atoms with van der Waals surface area (Å²) in [6.45, 7) is 0.689. The lowest BCUT2D eigenvalue weighted by atomic mass is 9.74. The molecule has 1 aliphatic heterocycles. The standard InChI is InChI=1S/C15H16BrNO3/c1-20-14(19)9-6-10-12(11(16)7-9)15(4-2-3-5-15)8-17-13(10)18/h6-7H,2-5,8H2,1H3,(H,17,18). The molecule has 1 amide bonds. The van der Waals surface area contributed by atoms with Gasteiger partial charge in [-0.05, 0) is 30.5 Å². The van der Waals surface area contributed by atoms with Crippen molar-refractivity contribution in [3.05, 3.63) is 33.3 Å². The summed E-state index contributed by atoms with van der Waals surface area (Å²) in [5.74, 6) is -0.531. The lowest BCUT2D eigenvalue weighted by Gasteiger charge is -2.36. The fourth-order valence-corrected chi connectivity index (χ4v) is 4.35. The van der Waals surface area contributed by atoms with E-state index in [1.165, 1.54) is 20.0 Å². The number of fused-ring (bicyclic) bond motifs is 2. The third-order valence-electron chi connectivity index (χ3n) is 4.43. The molecule has 3 rings (SSSR count). The van der Waals surface area contributed by atoms with Crippen molar-refractivity contribution in [1.82, 2.24) is 5.32 Å². The first kappa shape index (κ1) is 13.6. The fourth-order valence-electron chi connectivity index (χ4n) is 3.47. The minimum absolute atomic E-state index is 0.0245. The molecule has 0 unspecified atom stereocenters. The SMILES string of the molecule is COC(=O)c1cc(Br)c2c(c1)C(=O)NCC21CCCC1. The van der Waals surface area contributed by atoms with E-state index in [1.807, 2.05) is 0 Å². The molecule has 0 saturated heterocycles. The second kappa shape index (κ2) is 4.88. The Morgan fingerprint density at radius 1 is 1.35 bits per heavy atom. The van der Waals surface area contributed by atoms with E-state index in [2.05, 4.69) is 21.2 Å². The topological polar surface area (TPSA) is 55.4 Å². The molecule has 1 fully saturated rings. The number of hydrogen-bond donors (Lipinski definition) is 1. The Morgan fingerprint density at radius 2 is 2.05 bits per heavy atom. The molecule has 5 heteroatoms. The first-order valence-electron chi connectivity index (χ1n) is 6.78. The van der Waals surface area contributed by atoms with Crippen LogP contribution in [0.5, 0.6) is 0 Å². The molecule has 0 radical (unpaired) electrons. The summed E-state index contributed by atoms with van der Waals surface area (Å²) in [5, 5.41) is 2.97. The normalized spacial score (nSPS) is 19.6. The van der Waals surface area contributed by atoms with E-state index in [-0.39, 0.29) is 11.3 Å². The lowest BCUT2D eigenvalue weighted by molar-refractivity contribution is 0.0600. The number of methoxy groups -OCH3 is 1. The van der Waals surface area contributed by atoms with Crippen LogP contribution in [0.15, 0.2) is 16.6 Å². The number of nitrogens with one attached hydrogen (secondary N) is 1. The molecule has 20 heavy (non-hydrogen) atoms. The lowest BCUT2D eigenvalue weighted by Crippen LogP contribution is -2.45. The van der Waals surface area contributed by atoms with Gasteiger partial charge in [0, 0.05) is 22.0 Å². The molecule has 1 aliphatic carbocycles. The molecule has 1 spiro atoms. The largest absolute Gasteiger partial charge is 0.465 e. The summed E-state index contributed by atoms with van der Waals surface area (Å²) in [6, 6.07) is 3.42. The minimum atomic E-state index is -0.424. The molecule has 2 aliphatic rings. The molecular formula is C15H16BrNO3. The molecule has 0 aromatic heterocycles. The molecule has 1 saturated carbocycles. The maximum absolute atomic E-state index is 12.2. The number of halogens is 1. The molecule has 1 aromatic rings. The van der Waals surface area contributed by atoms with Gasteiger partial charge in [0.25, 0.3) is 5.91 Å². The van der Waals surface area contributed by atoms with Crippen LogP contribution in [0.25, 0.3) is 0 Å². The van der Waals surface area contributed by atoms with Crippen LogP contribution < -0.4 is 5.32 Å². The van der Waals surface area contributed by atoms with Crippen molar-refractivity contribution in [2.24, 2.45) is 0 Å². The van der Waals surface area contributed by atoms with Crippen LogP contribution in [0.1, 0.15) is 52.0 Å². The highest BCUT2D eigenvalue weighted by Crippen LogP contribution is 2.47. The van der Waals surface area contributed by atoms with E-state index >= 15 is 0 Å². The van der Waals surface area contributed by atoms with E-state index in [9.17, 15) is 9.59 Å². The third-order valence-corrected chi connectivity index (χ3v) is 5.06. The van der Waals surface area contributed by atoms with Crippen molar-refractivity contribution in [2.75, 3.05) is 13.7 Å². The van der Waals surface area contributed by atoms with Gasteiger partial charge in [0.15, 0.2) is 0 Å². The second-order valence-corrected chi connectivity index (χ2v) is 6.40. The van der Waals surface area contributed by atoms with Crippen LogP contribution in [0.4, 0.5) is 0 Å². The van der Waals surface area contributed by atoms with Gasteiger partial charge in [0.2, 0.25) is 0 Å². The van der Waals surface area contributed by atoms with Gasteiger partial charge in [0.1, 0.15) is 0 Å². The van der Waals surface area contributed by atoms with Crippen molar-refractivity contribution in [3.63, 3.8) is 0 Å². The van der Waals surface area contributed by atoms with Gasteiger partial charge in [-0.3, -0.25) is 4.79 Å². The zero-order chi connectivity index (χ0) is 14.3. The average molecular weight is 338 g/mol. The third kappa shape index (κ3) is 1.95. The number of rotatable bonds is 1. The maximum atomic E-state index is 12.2. The molecule has 1 heterocycles. The summed E-state index contributed by atoms with van der Waals surface area (Å²) in [4.78, 5) is 23.9.